The first-order valence-corrected chi connectivity index (χ1v) is 7.87. The Kier molecular flexibility index (Phi) is 8.75. The number of hydrogen-bond acceptors (Lipinski definition) is 6. The van der Waals surface area contributed by atoms with Crippen molar-refractivity contribution in [1.82, 2.24) is 16.3 Å². The highest BCUT2D eigenvalue weighted by Crippen LogP contribution is 2.07. The van der Waals surface area contributed by atoms with Crippen LogP contribution in [0.15, 0.2) is 24.3 Å². The third kappa shape index (κ3) is 6.87. The Hall–Kier alpha value is -2.98. The minimum Gasteiger partial charge on any atom is -0.368 e. The van der Waals surface area contributed by atoms with E-state index < -0.39 is 30.4 Å². The number of amides is 4. The lowest BCUT2D eigenvalue weighted by atomic mass is 10.1. The summed E-state index contributed by atoms with van der Waals surface area (Å²) in [5, 5.41) is 2.45. The summed E-state index contributed by atoms with van der Waals surface area (Å²) in [6.07, 6.45) is 0.303. The standard InChI is InChI=1S/C16H22N4O6/c1-3-5-12(16(24)18-2)26-20-15(23)11-7-4-6-10(8-11)14(22)19-25-9-13(17)21/h4,6-8,12H,3,5,9H2,1-2H3,(H2,17,21)(H,18,24)(H,19,22)(H,20,23). The van der Waals surface area contributed by atoms with Crippen LogP contribution in [-0.2, 0) is 19.3 Å². The lowest BCUT2D eigenvalue weighted by Crippen LogP contribution is -2.39. The Morgan fingerprint density at radius 3 is 2.27 bits per heavy atom. The summed E-state index contributed by atoms with van der Waals surface area (Å²) in [7, 11) is 1.47. The molecule has 0 aliphatic carbocycles. The Morgan fingerprint density at radius 2 is 1.73 bits per heavy atom. The van der Waals surface area contributed by atoms with Crippen molar-refractivity contribution in [3.63, 3.8) is 0 Å². The van der Waals surface area contributed by atoms with Gasteiger partial charge in [-0.3, -0.25) is 28.9 Å². The predicted octanol–water partition coefficient (Wildman–Crippen LogP) is -0.591. The number of carbonyl (C=O) groups is 4. The van der Waals surface area contributed by atoms with Gasteiger partial charge in [0, 0.05) is 18.2 Å². The van der Waals surface area contributed by atoms with Crippen molar-refractivity contribution in [2.24, 2.45) is 5.73 Å². The van der Waals surface area contributed by atoms with Crippen molar-refractivity contribution >= 4 is 23.6 Å². The molecule has 26 heavy (non-hydrogen) atoms. The van der Waals surface area contributed by atoms with E-state index in [4.69, 9.17) is 10.6 Å². The topological polar surface area (TPSA) is 149 Å². The summed E-state index contributed by atoms with van der Waals surface area (Å²) in [5.74, 6) is -2.38. The van der Waals surface area contributed by atoms with E-state index in [1.807, 2.05) is 12.4 Å². The number of hydrogen-bond donors (Lipinski definition) is 4. The van der Waals surface area contributed by atoms with Gasteiger partial charge in [-0.05, 0) is 24.6 Å². The molecule has 10 nitrogen and oxygen atoms in total. The van der Waals surface area contributed by atoms with E-state index in [-0.39, 0.29) is 17.0 Å². The molecule has 4 amide bonds. The van der Waals surface area contributed by atoms with Crippen molar-refractivity contribution in [2.45, 2.75) is 25.9 Å². The van der Waals surface area contributed by atoms with Gasteiger partial charge in [-0.15, -0.1) is 0 Å². The maximum Gasteiger partial charge on any atom is 0.274 e. The fourth-order valence-corrected chi connectivity index (χ4v) is 1.88. The Bertz CT molecular complexity index is 664. The second-order valence-electron chi connectivity index (χ2n) is 5.21. The number of likely N-dealkylation sites (N-methyl/N-ethyl adjacent to an activating group) is 1. The third-order valence-electron chi connectivity index (χ3n) is 3.15. The molecule has 1 atom stereocenters. The lowest BCUT2D eigenvalue weighted by molar-refractivity contribution is -0.136. The minimum absolute atomic E-state index is 0.124. The number of rotatable bonds is 10. The lowest BCUT2D eigenvalue weighted by Gasteiger charge is -2.15. The van der Waals surface area contributed by atoms with Gasteiger partial charge in [0.15, 0.2) is 12.7 Å². The number of benzene rings is 1. The molecule has 0 aromatic heterocycles. The van der Waals surface area contributed by atoms with Gasteiger partial charge < -0.3 is 11.1 Å². The van der Waals surface area contributed by atoms with Gasteiger partial charge in [-0.25, -0.2) is 11.0 Å². The van der Waals surface area contributed by atoms with Crippen LogP contribution in [0, 0.1) is 0 Å². The highest BCUT2D eigenvalue weighted by molar-refractivity contribution is 5.99. The molecule has 0 saturated carbocycles. The molecule has 142 valence electrons. The third-order valence-corrected chi connectivity index (χ3v) is 3.15. The van der Waals surface area contributed by atoms with Gasteiger partial charge >= 0.3 is 0 Å². The first kappa shape index (κ1) is 21.1. The van der Waals surface area contributed by atoms with Gasteiger partial charge in [0.2, 0.25) is 5.91 Å². The first-order valence-electron chi connectivity index (χ1n) is 7.87. The molecule has 1 aromatic carbocycles. The molecule has 0 radical (unpaired) electrons. The Labute approximate surface area is 150 Å². The van der Waals surface area contributed by atoms with E-state index in [1.54, 1.807) is 0 Å². The molecule has 0 fully saturated rings. The highest BCUT2D eigenvalue weighted by atomic mass is 16.7. The molecule has 0 heterocycles. The average Bonchev–Trinajstić information content (AvgIpc) is 2.63. The predicted molar refractivity (Wildman–Crippen MR) is 90.4 cm³/mol. The van der Waals surface area contributed by atoms with Crippen molar-refractivity contribution in [3.05, 3.63) is 35.4 Å². The van der Waals surface area contributed by atoms with Crippen LogP contribution >= 0.6 is 0 Å². The van der Waals surface area contributed by atoms with Crippen molar-refractivity contribution in [3.8, 4) is 0 Å². The van der Waals surface area contributed by atoms with E-state index in [0.29, 0.717) is 12.8 Å². The molecule has 1 unspecified atom stereocenters. The van der Waals surface area contributed by atoms with E-state index in [1.165, 1.54) is 31.3 Å². The summed E-state index contributed by atoms with van der Waals surface area (Å²) >= 11 is 0. The van der Waals surface area contributed by atoms with Gasteiger partial charge in [-0.1, -0.05) is 19.4 Å². The van der Waals surface area contributed by atoms with E-state index >= 15 is 0 Å². The molecule has 1 rings (SSSR count). The van der Waals surface area contributed by atoms with Crippen molar-refractivity contribution in [2.75, 3.05) is 13.7 Å². The maximum absolute atomic E-state index is 12.2. The van der Waals surface area contributed by atoms with Crippen LogP contribution in [0.1, 0.15) is 40.5 Å². The summed E-state index contributed by atoms with van der Waals surface area (Å²) in [6.45, 7) is 1.40. The van der Waals surface area contributed by atoms with Crippen LogP contribution < -0.4 is 22.0 Å². The molecule has 0 aliphatic rings. The Morgan fingerprint density at radius 1 is 1.12 bits per heavy atom. The highest BCUT2D eigenvalue weighted by Gasteiger charge is 2.19. The SMILES string of the molecule is CCCC(ONC(=O)c1cccc(C(=O)NOCC(N)=O)c1)C(=O)NC. The van der Waals surface area contributed by atoms with Gasteiger partial charge in [-0.2, -0.15) is 0 Å². The average molecular weight is 366 g/mol. The molecule has 1 aromatic rings. The largest absolute Gasteiger partial charge is 0.368 e. The number of nitrogens with one attached hydrogen (secondary N) is 3. The van der Waals surface area contributed by atoms with Crippen molar-refractivity contribution in [1.29, 1.82) is 0 Å². The first-order chi connectivity index (χ1) is 12.4. The molecule has 0 saturated heterocycles. The molecule has 0 spiro atoms. The quantitative estimate of drug-likeness (QED) is 0.407. The fraction of sp³-hybridized carbons (Fsp3) is 0.375. The summed E-state index contributed by atoms with van der Waals surface area (Å²) < 4.78 is 0. The van der Waals surface area contributed by atoms with Gasteiger partial charge in [0.05, 0.1) is 0 Å². The Balaban J connectivity index is 2.68. The monoisotopic (exact) mass is 366 g/mol. The van der Waals surface area contributed by atoms with E-state index in [9.17, 15) is 19.2 Å². The van der Waals surface area contributed by atoms with Crippen LogP contribution in [-0.4, -0.2) is 43.4 Å². The molecule has 5 N–H and O–H groups in total. The van der Waals surface area contributed by atoms with E-state index in [2.05, 4.69) is 15.6 Å². The summed E-state index contributed by atoms with van der Waals surface area (Å²) in [5.41, 5.74) is 9.37. The van der Waals surface area contributed by atoms with Crippen molar-refractivity contribution < 1.29 is 28.9 Å². The summed E-state index contributed by atoms with van der Waals surface area (Å²) in [4.78, 5) is 56.0. The summed E-state index contributed by atoms with van der Waals surface area (Å²) in [6, 6.07) is 5.70. The smallest absolute Gasteiger partial charge is 0.274 e. The minimum atomic E-state index is -0.817. The van der Waals surface area contributed by atoms with Gasteiger partial charge in [0.1, 0.15) is 0 Å². The van der Waals surface area contributed by atoms with Gasteiger partial charge in [0.25, 0.3) is 17.7 Å². The fourth-order valence-electron chi connectivity index (χ4n) is 1.88. The maximum atomic E-state index is 12.2. The van der Waals surface area contributed by atoms with Crippen LogP contribution in [0.25, 0.3) is 0 Å². The number of hydroxylamine groups is 2. The second kappa shape index (κ2) is 10.8. The molecule has 0 bridgehead atoms. The molecular formula is C16H22N4O6. The number of carbonyl (C=O) groups excluding carboxylic acids is 4. The van der Waals surface area contributed by atoms with Crippen LogP contribution in [0.3, 0.4) is 0 Å². The molecular weight excluding hydrogens is 344 g/mol. The van der Waals surface area contributed by atoms with Crippen LogP contribution in [0.4, 0.5) is 0 Å². The zero-order chi connectivity index (χ0) is 19.5. The number of primary amides is 1. The van der Waals surface area contributed by atoms with E-state index in [0.717, 1.165) is 0 Å². The zero-order valence-electron chi connectivity index (χ0n) is 14.5. The molecule has 10 heteroatoms. The van der Waals surface area contributed by atoms with Crippen LogP contribution in [0.5, 0.6) is 0 Å². The van der Waals surface area contributed by atoms with Crippen LogP contribution in [0.2, 0.25) is 0 Å². The number of nitrogens with two attached hydrogens (primary N) is 1. The normalized spacial score (nSPS) is 11.3. The zero-order valence-corrected chi connectivity index (χ0v) is 14.5. The molecule has 0 aliphatic heterocycles. The second-order valence-corrected chi connectivity index (χ2v) is 5.21.